The van der Waals surface area contributed by atoms with E-state index in [4.69, 9.17) is 25.0 Å². The highest BCUT2D eigenvalue weighted by molar-refractivity contribution is 7.99. The number of carboxylic acids is 2. The first-order valence-electron chi connectivity index (χ1n) is 11.2. The van der Waals surface area contributed by atoms with Crippen LogP contribution < -0.4 is 0 Å². The van der Waals surface area contributed by atoms with Crippen molar-refractivity contribution < 1.29 is 35.1 Å². The fourth-order valence-electron chi connectivity index (χ4n) is 3.60. The lowest BCUT2D eigenvalue weighted by Crippen LogP contribution is -2.49. The predicted octanol–water partition coefficient (Wildman–Crippen LogP) is 1.74. The summed E-state index contributed by atoms with van der Waals surface area (Å²) in [5, 5.41) is 24.4. The number of rotatable bonds is 7. The third kappa shape index (κ3) is 8.77. The van der Waals surface area contributed by atoms with Crippen LogP contribution in [-0.4, -0.2) is 101 Å². The molecule has 2 aromatic rings. The molecule has 0 saturated carbocycles. The van der Waals surface area contributed by atoms with E-state index in [1.165, 1.54) is 15.4 Å². The molecule has 0 radical (unpaired) electrons. The number of amidine groups is 1. The van der Waals surface area contributed by atoms with E-state index in [1.807, 2.05) is 0 Å². The maximum absolute atomic E-state index is 9.55. The second-order valence-electron chi connectivity index (χ2n) is 7.68. The third-order valence-electron chi connectivity index (χ3n) is 5.27. The number of nitrogens with zero attached hydrogens (tertiary/aromatic N) is 3. The van der Waals surface area contributed by atoms with Gasteiger partial charge in [0, 0.05) is 60.2 Å². The van der Waals surface area contributed by atoms with Crippen LogP contribution in [0.1, 0.15) is 5.56 Å². The molecule has 0 atom stereocenters. The van der Waals surface area contributed by atoms with E-state index >= 15 is 0 Å². The quantitative estimate of drug-likeness (QED) is 0.368. The van der Waals surface area contributed by atoms with Crippen LogP contribution in [0, 0.1) is 0 Å². The number of piperazine rings is 1. The van der Waals surface area contributed by atoms with Gasteiger partial charge in [-0.1, -0.05) is 42.1 Å². The third-order valence-corrected chi connectivity index (χ3v) is 6.41. The molecule has 2 heterocycles. The van der Waals surface area contributed by atoms with Gasteiger partial charge in [-0.05, 0) is 18.2 Å². The van der Waals surface area contributed by atoms with E-state index in [0.717, 1.165) is 44.2 Å². The highest BCUT2D eigenvalue weighted by atomic mass is 32.2. The average Bonchev–Trinajstić information content (AvgIpc) is 3.03. The molecule has 2 aliphatic rings. The molecule has 0 aromatic heterocycles. The summed E-state index contributed by atoms with van der Waals surface area (Å²) in [6.45, 7) is 6.01. The van der Waals surface area contributed by atoms with Crippen LogP contribution in [0.2, 0.25) is 0 Å². The smallest absolute Gasteiger partial charge is 0.328 e. The van der Waals surface area contributed by atoms with E-state index < -0.39 is 11.9 Å². The monoisotopic (exact) mass is 517 g/mol. The van der Waals surface area contributed by atoms with Gasteiger partial charge >= 0.3 is 11.9 Å². The van der Waals surface area contributed by atoms with Gasteiger partial charge in [-0.3, -0.25) is 4.90 Å². The Morgan fingerprint density at radius 2 is 1.53 bits per heavy atom. The molecule has 1 saturated heterocycles. The number of para-hydroxylation sites is 1. The van der Waals surface area contributed by atoms with Crippen LogP contribution >= 0.6 is 11.8 Å². The molecule has 5 N–H and O–H groups in total. The minimum absolute atomic E-state index is 0. The van der Waals surface area contributed by atoms with Gasteiger partial charge in [0.1, 0.15) is 5.84 Å². The van der Waals surface area contributed by atoms with Gasteiger partial charge in [-0.2, -0.15) is 0 Å². The number of aliphatic carboxylic acids is 2. The van der Waals surface area contributed by atoms with Gasteiger partial charge in [0.05, 0.1) is 25.5 Å². The van der Waals surface area contributed by atoms with Gasteiger partial charge in [0.25, 0.3) is 0 Å². The maximum atomic E-state index is 9.55. The van der Waals surface area contributed by atoms with Crippen molar-refractivity contribution in [2.24, 2.45) is 4.99 Å². The number of aliphatic hydroxyl groups excluding tert-OH is 1. The van der Waals surface area contributed by atoms with E-state index in [-0.39, 0.29) is 12.1 Å². The molecule has 2 aromatic carbocycles. The molecular weight excluding hydrogens is 486 g/mol. The molecule has 11 heteroatoms. The van der Waals surface area contributed by atoms with E-state index in [1.54, 1.807) is 11.8 Å². The first kappa shape index (κ1) is 29.0. The molecule has 0 bridgehead atoms. The second-order valence-corrected chi connectivity index (χ2v) is 8.76. The van der Waals surface area contributed by atoms with Crippen LogP contribution in [0.5, 0.6) is 0 Å². The summed E-state index contributed by atoms with van der Waals surface area (Å²) in [4.78, 5) is 31.5. The van der Waals surface area contributed by atoms with Gasteiger partial charge in [-0.15, -0.1) is 0 Å². The van der Waals surface area contributed by atoms with Crippen molar-refractivity contribution in [2.75, 3.05) is 52.5 Å². The highest BCUT2D eigenvalue weighted by Gasteiger charge is 2.24. The summed E-state index contributed by atoms with van der Waals surface area (Å²) in [5.41, 5.74) is 2.27. The number of fused-ring (bicyclic) bond motifs is 2. The Bertz CT molecular complexity index is 1050. The van der Waals surface area contributed by atoms with Crippen molar-refractivity contribution in [3.8, 4) is 0 Å². The van der Waals surface area contributed by atoms with Gasteiger partial charge in [0.2, 0.25) is 0 Å². The highest BCUT2D eigenvalue weighted by Crippen LogP contribution is 2.40. The van der Waals surface area contributed by atoms with E-state index in [9.17, 15) is 9.59 Å². The predicted molar refractivity (Wildman–Crippen MR) is 137 cm³/mol. The number of benzene rings is 2. The van der Waals surface area contributed by atoms with E-state index in [0.29, 0.717) is 25.4 Å². The number of aliphatic hydroxyl groups is 1. The Kier molecular flexibility index (Phi) is 12.1. The first-order chi connectivity index (χ1) is 17.0. The van der Waals surface area contributed by atoms with Crippen LogP contribution in [-0.2, 0) is 14.3 Å². The molecule has 4 rings (SSSR count). The molecule has 0 aliphatic carbocycles. The van der Waals surface area contributed by atoms with Gasteiger partial charge < -0.3 is 30.4 Å². The Morgan fingerprint density at radius 1 is 0.917 bits per heavy atom. The summed E-state index contributed by atoms with van der Waals surface area (Å²) >= 11 is 1.80. The summed E-state index contributed by atoms with van der Waals surface area (Å²) in [7, 11) is 0. The minimum atomic E-state index is -1.26. The van der Waals surface area contributed by atoms with Crippen molar-refractivity contribution in [1.82, 2.24) is 9.80 Å². The zero-order chi connectivity index (χ0) is 25.0. The lowest BCUT2D eigenvalue weighted by atomic mass is 10.1. The lowest BCUT2D eigenvalue weighted by Gasteiger charge is -2.36. The number of carbonyl (C=O) groups is 2. The first-order valence-corrected chi connectivity index (χ1v) is 12.0. The Balaban J connectivity index is 0.000000442. The van der Waals surface area contributed by atoms with Crippen molar-refractivity contribution in [2.45, 2.75) is 9.79 Å². The van der Waals surface area contributed by atoms with Crippen molar-refractivity contribution >= 4 is 35.2 Å². The van der Waals surface area contributed by atoms with Crippen molar-refractivity contribution in [3.63, 3.8) is 0 Å². The Labute approximate surface area is 213 Å². The van der Waals surface area contributed by atoms with Gasteiger partial charge in [-0.25, -0.2) is 14.6 Å². The average molecular weight is 518 g/mol. The number of hydrogen-bond donors (Lipinski definition) is 3. The van der Waals surface area contributed by atoms with E-state index in [2.05, 4.69) is 58.3 Å². The molecule has 0 unspecified atom stereocenters. The molecule has 0 amide bonds. The zero-order valence-electron chi connectivity index (χ0n) is 19.7. The number of hydrogen-bond acceptors (Lipinski definition) is 8. The van der Waals surface area contributed by atoms with Crippen LogP contribution in [0.3, 0.4) is 0 Å². The summed E-state index contributed by atoms with van der Waals surface area (Å²) in [6, 6.07) is 16.9. The Morgan fingerprint density at radius 3 is 2.17 bits per heavy atom. The molecule has 0 spiro atoms. The molecule has 1 fully saturated rings. The number of aliphatic imine (C=N–C) groups is 1. The van der Waals surface area contributed by atoms with Crippen molar-refractivity contribution in [1.29, 1.82) is 0 Å². The Hall–Kier alpha value is -3.22. The lowest BCUT2D eigenvalue weighted by molar-refractivity contribution is -0.134. The standard InChI is InChI=1S/C21H25N3O2S.C4H4O4.H2O/c25-14-16-26-15-13-23-9-11-24(12-10-23)21-17-5-1-3-7-19(17)27-20-8-4-2-6-18(20)22-21;5-3(6)1-2-4(7)8;/h1-8,25H,9-16H2;1-2H,(H,5,6)(H,7,8);1H2/b;2-1+;. The second kappa shape index (κ2) is 15.0. The minimum Gasteiger partial charge on any atom is -0.478 e. The summed E-state index contributed by atoms with van der Waals surface area (Å²) in [6.07, 6.45) is 1.12. The molecule has 10 nitrogen and oxygen atoms in total. The van der Waals surface area contributed by atoms with Crippen LogP contribution in [0.4, 0.5) is 5.69 Å². The largest absolute Gasteiger partial charge is 0.478 e. The SMILES string of the molecule is O.O=C(O)/C=C/C(=O)O.OCCOCCN1CCN(C2=Nc3ccccc3Sc3ccccc32)CC1. The summed E-state index contributed by atoms with van der Waals surface area (Å²) in [5.74, 6) is -1.43. The number of carboxylic acid groups (broad SMARTS) is 2. The van der Waals surface area contributed by atoms with Gasteiger partial charge in [0.15, 0.2) is 0 Å². The number of ether oxygens (including phenoxy) is 1. The fourth-order valence-corrected chi connectivity index (χ4v) is 4.61. The zero-order valence-corrected chi connectivity index (χ0v) is 20.6. The van der Waals surface area contributed by atoms with Crippen LogP contribution in [0.25, 0.3) is 0 Å². The molecule has 194 valence electrons. The topological polar surface area (TPSA) is 154 Å². The molecule has 36 heavy (non-hydrogen) atoms. The summed E-state index contributed by atoms with van der Waals surface area (Å²) < 4.78 is 5.40. The van der Waals surface area contributed by atoms with Crippen molar-refractivity contribution in [3.05, 3.63) is 66.2 Å². The maximum Gasteiger partial charge on any atom is 0.328 e. The fraction of sp³-hybridized carbons (Fsp3) is 0.320. The normalized spacial score (nSPS) is 14.9. The molecular formula is C25H31N3O7S. The molecule has 2 aliphatic heterocycles. The van der Waals surface area contributed by atoms with Crippen LogP contribution in [0.15, 0.2) is 75.5 Å².